The van der Waals surface area contributed by atoms with Gasteiger partial charge < -0.3 is 17.2 Å². The summed E-state index contributed by atoms with van der Waals surface area (Å²) in [6.45, 7) is -3.31. The third-order valence-electron chi connectivity index (χ3n) is 18.1. The van der Waals surface area contributed by atoms with Crippen LogP contribution in [-0.4, -0.2) is 19.5 Å². The maximum absolute atomic E-state index is 14.4. The standard InChI is InChI=1S/C37H77N.2C18BF15.2CH2N2/c1-3-5-7-9-11-13-15-17-19-21-23-25-27-29-31-33-35-37(38)36-34-32-30-28-26-24-22-20-18-16-14-12-10-8-6-4-2;2*20-4-1(5(21)11(27)16(32)10(4)26)19(2-6(22)12(28)17(33)13(29)7(2)23)3-8(24)14(30)18(34)15(31)9(3)25;2*2-1-3/h37H,3-36,38H2,1-2H3;;;2*2H2. The fourth-order valence-corrected chi connectivity index (χ4v) is 12.2. The summed E-state index contributed by atoms with van der Waals surface area (Å²) in [5.74, 6) is -90.4. The quantitative estimate of drug-likeness (QED) is 0.00672. The fourth-order valence-electron chi connectivity index (χ4n) is 12.2. The van der Waals surface area contributed by atoms with Gasteiger partial charge in [0.2, 0.25) is 0 Å². The maximum Gasteiger partial charge on any atom is 0.265 e. The van der Waals surface area contributed by atoms with Gasteiger partial charge in [0.25, 0.3) is 13.4 Å². The fraction of sp³-hybridized carbons (Fsp3) is 0.493. The third-order valence-corrected chi connectivity index (χ3v) is 18.1. The van der Waals surface area contributed by atoms with Crippen molar-refractivity contribution in [1.82, 2.24) is 0 Å². The van der Waals surface area contributed by atoms with Gasteiger partial charge in [-0.05, 0) is 12.8 Å². The lowest BCUT2D eigenvalue weighted by Crippen LogP contribution is -2.60. The summed E-state index contributed by atoms with van der Waals surface area (Å²) >= 11 is 0. The average Bonchev–Trinajstić information content (AvgIpc) is 0.735. The Morgan fingerprint density at radius 1 is 0.196 bits per heavy atom. The van der Waals surface area contributed by atoms with Gasteiger partial charge in [-0.15, -0.1) is 0 Å². The minimum Gasteiger partial charge on any atom is -0.337 e. The molecule has 6 rings (SSSR count). The summed E-state index contributed by atoms with van der Waals surface area (Å²) in [7, 11) is 0. The van der Waals surface area contributed by atoms with Crippen LogP contribution in [0.15, 0.2) is 0 Å². The van der Waals surface area contributed by atoms with Crippen molar-refractivity contribution in [2.24, 2.45) is 17.2 Å². The van der Waals surface area contributed by atoms with E-state index in [0.717, 1.165) is 0 Å². The Bertz CT molecular complexity index is 3340. The number of halogens is 30. The lowest BCUT2D eigenvalue weighted by atomic mass is 9.36. The van der Waals surface area contributed by atoms with E-state index in [9.17, 15) is 132 Å². The van der Waals surface area contributed by atoms with Crippen molar-refractivity contribution < 1.29 is 132 Å². The SMILES string of the molecule is CCCCCCCCCCCCCCCCCCC(N)CCCCCCCCCCCCCCCCCC.Fc1c(F)c(F)c(B(c2c(F)c(F)c(F)c(F)c2F)c2c(F)c(F)c(F)c(F)c2F)c(F)c1F.Fc1c(F)c(F)c(B(c2c(F)c(F)c(F)c(F)c2F)c2c(F)c(F)c(F)c(F)c2F)c(F)c1F.N#CN.N#CN. The highest BCUT2D eigenvalue weighted by molar-refractivity contribution is 6.96. The second kappa shape index (κ2) is 50.9. The molecule has 0 fully saturated rings. The molecule has 0 amide bonds. The minimum absolute atomic E-state index is 0.466. The van der Waals surface area contributed by atoms with E-state index in [-0.39, 0.29) is 0 Å². The molecular weight excluding hydrogens is 1560 g/mol. The van der Waals surface area contributed by atoms with E-state index in [4.69, 9.17) is 16.3 Å². The van der Waals surface area contributed by atoms with Gasteiger partial charge in [-0.2, -0.15) is 10.5 Å². The van der Waals surface area contributed by atoms with Gasteiger partial charge in [-0.25, -0.2) is 132 Å². The lowest BCUT2D eigenvalue weighted by molar-refractivity contribution is 0.380. The molecule has 0 aliphatic carbocycles. The van der Waals surface area contributed by atoms with Crippen LogP contribution in [0.1, 0.15) is 232 Å². The van der Waals surface area contributed by atoms with Gasteiger partial charge in [0.1, 0.15) is 0 Å². The van der Waals surface area contributed by atoms with Gasteiger partial charge in [-0.1, -0.05) is 219 Å². The molecule has 5 nitrogen and oxygen atoms in total. The summed E-state index contributed by atoms with van der Waals surface area (Å²) in [6, 6.07) is 0.466. The van der Waals surface area contributed by atoms with Gasteiger partial charge in [0.15, 0.2) is 187 Å². The molecule has 0 aromatic heterocycles. The van der Waals surface area contributed by atoms with E-state index < -0.39 is 221 Å². The van der Waals surface area contributed by atoms with Crippen LogP contribution in [-0.2, 0) is 0 Å². The number of hydrogen-bond donors (Lipinski definition) is 3. The lowest BCUT2D eigenvalue weighted by Gasteiger charge is -2.21. The molecule has 622 valence electrons. The maximum atomic E-state index is 14.4. The van der Waals surface area contributed by atoms with Crippen LogP contribution in [0.2, 0.25) is 0 Å². The normalized spacial score (nSPS) is 11.0. The topological polar surface area (TPSA) is 126 Å². The Labute approximate surface area is 628 Å². The predicted molar refractivity (Wildman–Crippen MR) is 363 cm³/mol. The minimum atomic E-state index is -3.96. The summed E-state index contributed by atoms with van der Waals surface area (Å²) < 4.78 is 417. The zero-order valence-corrected chi connectivity index (χ0v) is 60.7. The van der Waals surface area contributed by atoms with E-state index >= 15 is 0 Å². The Morgan fingerprint density at radius 2 is 0.286 bits per heavy atom. The van der Waals surface area contributed by atoms with Crippen LogP contribution in [0.3, 0.4) is 0 Å². The predicted octanol–water partition coefficient (Wildman–Crippen LogP) is 21.0. The van der Waals surface area contributed by atoms with Crippen molar-refractivity contribution in [2.45, 2.75) is 238 Å². The van der Waals surface area contributed by atoms with Gasteiger partial charge >= 0.3 is 0 Å². The number of hydrogen-bond acceptors (Lipinski definition) is 5. The molecule has 6 N–H and O–H groups in total. The highest BCUT2D eigenvalue weighted by Crippen LogP contribution is 2.28. The number of benzene rings is 6. The molecule has 37 heteroatoms. The second-order valence-corrected chi connectivity index (χ2v) is 26.0. The molecule has 112 heavy (non-hydrogen) atoms. The summed E-state index contributed by atoms with van der Waals surface area (Å²) in [5, 5.41) is 14.2. The number of nitrogens with zero attached hydrogens (tertiary/aromatic N) is 2. The number of unbranched alkanes of at least 4 members (excludes halogenated alkanes) is 30. The molecule has 0 bridgehead atoms. The van der Waals surface area contributed by atoms with Crippen LogP contribution in [0.4, 0.5) is 132 Å². The van der Waals surface area contributed by atoms with Crippen molar-refractivity contribution in [3.8, 4) is 12.4 Å². The van der Waals surface area contributed by atoms with Crippen LogP contribution in [0, 0.1) is 197 Å². The molecule has 0 atom stereocenters. The van der Waals surface area contributed by atoms with Crippen molar-refractivity contribution in [3.63, 3.8) is 0 Å². The van der Waals surface area contributed by atoms with E-state index in [0.29, 0.717) is 6.04 Å². The van der Waals surface area contributed by atoms with E-state index in [1.54, 1.807) is 0 Å². The van der Waals surface area contributed by atoms with Crippen LogP contribution < -0.4 is 50.0 Å². The van der Waals surface area contributed by atoms with Gasteiger partial charge in [-0.3, -0.25) is 0 Å². The van der Waals surface area contributed by atoms with Crippen molar-refractivity contribution in [3.05, 3.63) is 175 Å². The Hall–Kier alpha value is -8.11. The molecule has 0 radical (unpaired) electrons. The summed E-state index contributed by atoms with van der Waals surface area (Å²) in [4.78, 5) is 0. The first kappa shape index (κ1) is 100.0. The molecule has 6 aromatic carbocycles. The van der Waals surface area contributed by atoms with Crippen LogP contribution >= 0.6 is 0 Å². The van der Waals surface area contributed by atoms with E-state index in [2.05, 4.69) is 25.3 Å². The summed E-state index contributed by atoms with van der Waals surface area (Å²) in [6.07, 6.45) is 51.4. The number of nitriles is 2. The monoisotopic (exact) mass is 1640 g/mol. The van der Waals surface area contributed by atoms with Crippen LogP contribution in [0.5, 0.6) is 0 Å². The van der Waals surface area contributed by atoms with Crippen molar-refractivity contribution in [1.29, 1.82) is 10.5 Å². The van der Waals surface area contributed by atoms with Crippen LogP contribution in [0.25, 0.3) is 0 Å². The average molecular weight is 1640 g/mol. The first-order valence-corrected chi connectivity index (χ1v) is 36.0. The Kier molecular flexibility index (Phi) is 45.4. The highest BCUT2D eigenvalue weighted by Gasteiger charge is 2.47. The Balaban J connectivity index is 0.000000550. The zero-order valence-electron chi connectivity index (χ0n) is 60.7. The molecule has 0 spiro atoms. The molecule has 0 unspecified atom stereocenters. The zero-order chi connectivity index (χ0) is 85.0. The first-order valence-electron chi connectivity index (χ1n) is 36.0. The smallest absolute Gasteiger partial charge is 0.265 e. The van der Waals surface area contributed by atoms with Gasteiger partial charge in [0.05, 0.1) is 0 Å². The van der Waals surface area contributed by atoms with E-state index in [1.165, 1.54) is 231 Å². The van der Waals surface area contributed by atoms with Gasteiger partial charge in [0, 0.05) is 38.8 Å². The highest BCUT2D eigenvalue weighted by atomic mass is 19.2. The van der Waals surface area contributed by atoms with Crippen molar-refractivity contribution >= 4 is 46.2 Å². The number of rotatable bonds is 40. The molecule has 6 aromatic rings. The van der Waals surface area contributed by atoms with E-state index in [1.807, 2.05) is 0 Å². The molecule has 0 aliphatic heterocycles. The molecule has 0 aliphatic rings. The molecule has 0 saturated carbocycles. The van der Waals surface area contributed by atoms with Crippen molar-refractivity contribution in [2.75, 3.05) is 0 Å². The summed E-state index contributed by atoms with van der Waals surface area (Å²) in [5.41, 5.74) is -1.37. The number of nitrogens with two attached hydrogens (primary N) is 3. The molecular formula is C75H81B2F30N5. The second-order valence-electron chi connectivity index (χ2n) is 26.0. The Morgan fingerprint density at radius 3 is 0.393 bits per heavy atom. The third kappa shape index (κ3) is 27.0. The molecule has 0 saturated heterocycles. The first-order chi connectivity index (χ1) is 53.0. The molecule has 0 heterocycles. The largest absolute Gasteiger partial charge is 0.337 e.